The van der Waals surface area contributed by atoms with Gasteiger partial charge in [0.05, 0.1) is 0 Å². The number of aryl methyl sites for hydroxylation is 2. The van der Waals surface area contributed by atoms with E-state index in [4.69, 9.17) is 8.94 Å². The van der Waals surface area contributed by atoms with Crippen LogP contribution in [-0.4, -0.2) is 26.2 Å². The highest BCUT2D eigenvalue weighted by atomic mass is 16.5. The monoisotopic (exact) mass is 429 g/mol. The zero-order valence-electron chi connectivity index (χ0n) is 18.0. The van der Waals surface area contributed by atoms with Crippen LogP contribution in [-0.2, 0) is 5.54 Å². The van der Waals surface area contributed by atoms with Crippen LogP contribution in [0.4, 0.5) is 0 Å². The molecule has 0 aliphatic heterocycles. The Hall–Kier alpha value is -3.81. The van der Waals surface area contributed by atoms with Gasteiger partial charge >= 0.3 is 0 Å². The molecule has 1 saturated carbocycles. The molecular weight excluding hydrogens is 406 g/mol. The first-order chi connectivity index (χ1) is 15.5. The Kier molecular flexibility index (Phi) is 5.05. The summed E-state index contributed by atoms with van der Waals surface area (Å²) in [6.45, 7) is 3.77. The maximum atomic E-state index is 13.0. The molecule has 0 atom stereocenters. The van der Waals surface area contributed by atoms with Gasteiger partial charge in [-0.05, 0) is 56.2 Å². The molecule has 0 unspecified atom stereocenters. The molecule has 1 N–H and O–H groups in total. The Morgan fingerprint density at radius 2 is 1.69 bits per heavy atom. The number of rotatable bonds is 5. The fourth-order valence-electron chi connectivity index (χ4n) is 4.16. The molecule has 2 heterocycles. The second kappa shape index (κ2) is 8.03. The lowest BCUT2D eigenvalue weighted by Crippen LogP contribution is -2.44. The summed E-state index contributed by atoms with van der Waals surface area (Å²) in [7, 11) is 0. The van der Waals surface area contributed by atoms with Crippen LogP contribution in [0.3, 0.4) is 0 Å². The lowest BCUT2D eigenvalue weighted by Gasteiger charge is -2.26. The van der Waals surface area contributed by atoms with Gasteiger partial charge in [0.1, 0.15) is 5.54 Å². The molecule has 8 heteroatoms. The van der Waals surface area contributed by atoms with E-state index in [0.29, 0.717) is 29.1 Å². The predicted octanol–water partition coefficient (Wildman–Crippen LogP) is 4.60. The summed E-state index contributed by atoms with van der Waals surface area (Å²) in [5.41, 5.74) is 2.70. The smallest absolute Gasteiger partial charge is 0.252 e. The SMILES string of the molecule is Cc1cccc(-c2nnc(-c3ccc(C(=O)NC4(c5noc(C)n5)CCCC4)cc3)o2)c1. The number of nitrogens with one attached hydrogen (secondary N) is 1. The minimum Gasteiger partial charge on any atom is -0.416 e. The largest absolute Gasteiger partial charge is 0.416 e. The average Bonchev–Trinajstić information content (AvgIpc) is 3.55. The lowest BCUT2D eigenvalue weighted by atomic mass is 9.95. The van der Waals surface area contributed by atoms with Gasteiger partial charge in [-0.2, -0.15) is 4.98 Å². The Labute approximate surface area is 185 Å². The maximum Gasteiger partial charge on any atom is 0.252 e. The van der Waals surface area contributed by atoms with Crippen molar-refractivity contribution < 1.29 is 13.7 Å². The van der Waals surface area contributed by atoms with Crippen molar-refractivity contribution in [1.29, 1.82) is 0 Å². The van der Waals surface area contributed by atoms with Crippen LogP contribution in [0.5, 0.6) is 0 Å². The highest BCUT2D eigenvalue weighted by Gasteiger charge is 2.41. The predicted molar refractivity (Wildman–Crippen MR) is 117 cm³/mol. The van der Waals surface area contributed by atoms with Crippen molar-refractivity contribution in [2.45, 2.75) is 45.1 Å². The van der Waals surface area contributed by atoms with Gasteiger partial charge in [-0.3, -0.25) is 4.79 Å². The van der Waals surface area contributed by atoms with Gasteiger partial charge in [-0.25, -0.2) is 0 Å². The number of carbonyl (C=O) groups is 1. The van der Waals surface area contributed by atoms with E-state index >= 15 is 0 Å². The average molecular weight is 429 g/mol. The first-order valence-corrected chi connectivity index (χ1v) is 10.7. The van der Waals surface area contributed by atoms with Crippen LogP contribution in [0, 0.1) is 13.8 Å². The van der Waals surface area contributed by atoms with E-state index < -0.39 is 5.54 Å². The number of amides is 1. The van der Waals surface area contributed by atoms with Crippen molar-refractivity contribution in [3.8, 4) is 22.9 Å². The minimum absolute atomic E-state index is 0.174. The van der Waals surface area contributed by atoms with E-state index in [0.717, 1.165) is 42.4 Å². The van der Waals surface area contributed by atoms with Crippen molar-refractivity contribution in [2.24, 2.45) is 0 Å². The molecule has 1 aliphatic carbocycles. The number of hydrogen-bond acceptors (Lipinski definition) is 7. The van der Waals surface area contributed by atoms with E-state index in [2.05, 4.69) is 25.7 Å². The molecule has 1 fully saturated rings. The molecule has 1 aliphatic rings. The van der Waals surface area contributed by atoms with Crippen LogP contribution in [0.2, 0.25) is 0 Å². The van der Waals surface area contributed by atoms with Gasteiger partial charge in [0.2, 0.25) is 17.7 Å². The molecule has 5 rings (SSSR count). The Balaban J connectivity index is 1.34. The molecular formula is C24H23N5O3. The van der Waals surface area contributed by atoms with Crippen LogP contribution < -0.4 is 5.32 Å². The van der Waals surface area contributed by atoms with Gasteiger partial charge in [0.25, 0.3) is 5.91 Å². The van der Waals surface area contributed by atoms with Crippen LogP contribution in [0.15, 0.2) is 57.5 Å². The van der Waals surface area contributed by atoms with Crippen molar-refractivity contribution in [2.75, 3.05) is 0 Å². The number of benzene rings is 2. The number of carbonyl (C=O) groups excluding carboxylic acids is 1. The summed E-state index contributed by atoms with van der Waals surface area (Å²) in [5, 5.41) is 15.5. The highest BCUT2D eigenvalue weighted by molar-refractivity contribution is 5.95. The van der Waals surface area contributed by atoms with Gasteiger partial charge in [0, 0.05) is 23.6 Å². The van der Waals surface area contributed by atoms with Crippen molar-refractivity contribution in [1.82, 2.24) is 25.7 Å². The zero-order chi connectivity index (χ0) is 22.1. The first-order valence-electron chi connectivity index (χ1n) is 10.7. The Bertz CT molecular complexity index is 1250. The van der Waals surface area contributed by atoms with E-state index in [1.165, 1.54) is 0 Å². The van der Waals surface area contributed by atoms with Crippen molar-refractivity contribution >= 4 is 5.91 Å². The fraction of sp³-hybridized carbons (Fsp3) is 0.292. The number of aromatic nitrogens is 4. The molecule has 0 radical (unpaired) electrons. The molecule has 1 amide bonds. The molecule has 2 aromatic heterocycles. The third-order valence-electron chi connectivity index (χ3n) is 5.85. The fourth-order valence-corrected chi connectivity index (χ4v) is 4.16. The zero-order valence-corrected chi connectivity index (χ0v) is 18.0. The Morgan fingerprint density at radius 3 is 2.34 bits per heavy atom. The first kappa shape index (κ1) is 20.1. The van der Waals surface area contributed by atoms with E-state index in [1.807, 2.05) is 43.3 Å². The van der Waals surface area contributed by atoms with Gasteiger partial charge in [-0.1, -0.05) is 35.7 Å². The van der Waals surface area contributed by atoms with Crippen LogP contribution in [0.25, 0.3) is 22.9 Å². The second-order valence-corrected chi connectivity index (χ2v) is 8.24. The summed E-state index contributed by atoms with van der Waals surface area (Å²) in [6, 6.07) is 15.0. The van der Waals surface area contributed by atoms with E-state index in [9.17, 15) is 4.79 Å². The number of hydrogen-bond donors (Lipinski definition) is 1. The maximum absolute atomic E-state index is 13.0. The molecule has 8 nitrogen and oxygen atoms in total. The topological polar surface area (TPSA) is 107 Å². The molecule has 4 aromatic rings. The van der Waals surface area contributed by atoms with E-state index in [1.54, 1.807) is 19.1 Å². The summed E-state index contributed by atoms with van der Waals surface area (Å²) in [5.74, 6) is 1.74. The second-order valence-electron chi connectivity index (χ2n) is 8.24. The molecule has 0 spiro atoms. The molecule has 32 heavy (non-hydrogen) atoms. The summed E-state index contributed by atoms with van der Waals surface area (Å²) >= 11 is 0. The summed E-state index contributed by atoms with van der Waals surface area (Å²) in [4.78, 5) is 17.4. The van der Waals surface area contributed by atoms with E-state index in [-0.39, 0.29) is 5.91 Å². The normalized spacial score (nSPS) is 15.1. The summed E-state index contributed by atoms with van der Waals surface area (Å²) < 4.78 is 11.0. The molecule has 162 valence electrons. The molecule has 0 bridgehead atoms. The van der Waals surface area contributed by atoms with Crippen LogP contribution >= 0.6 is 0 Å². The minimum atomic E-state index is -0.581. The van der Waals surface area contributed by atoms with Crippen molar-refractivity contribution in [3.05, 3.63) is 71.4 Å². The van der Waals surface area contributed by atoms with Crippen molar-refractivity contribution in [3.63, 3.8) is 0 Å². The van der Waals surface area contributed by atoms with Gasteiger partial charge in [-0.15, -0.1) is 10.2 Å². The summed E-state index contributed by atoms with van der Waals surface area (Å²) in [6.07, 6.45) is 3.60. The molecule has 0 saturated heterocycles. The third-order valence-corrected chi connectivity index (χ3v) is 5.85. The Morgan fingerprint density at radius 1 is 0.969 bits per heavy atom. The third kappa shape index (κ3) is 3.79. The van der Waals surface area contributed by atoms with Gasteiger partial charge < -0.3 is 14.3 Å². The number of nitrogens with zero attached hydrogens (tertiary/aromatic N) is 4. The lowest BCUT2D eigenvalue weighted by molar-refractivity contribution is 0.0892. The van der Waals surface area contributed by atoms with Gasteiger partial charge in [0.15, 0.2) is 5.82 Å². The highest BCUT2D eigenvalue weighted by Crippen LogP contribution is 2.37. The molecule has 2 aromatic carbocycles. The standard InChI is InChI=1S/C24H23N5O3/c1-15-6-5-7-19(14-15)22-28-27-21(31-22)18-10-8-17(9-11-18)20(30)26-24(12-3-4-13-24)23-25-16(2)32-29-23/h5-11,14H,3-4,12-13H2,1-2H3,(H,26,30). The quantitative estimate of drug-likeness (QED) is 0.494. The van der Waals surface area contributed by atoms with Crippen LogP contribution in [0.1, 0.15) is 53.3 Å².